The number of carbonyl (C=O) groups excluding carboxylic acids is 1. The molecule has 3 saturated heterocycles. The molecule has 0 radical (unpaired) electrons. The van der Waals surface area contributed by atoms with Crippen LogP contribution in [0.4, 0.5) is 0 Å². The third-order valence-electron chi connectivity index (χ3n) is 7.94. The molecule has 7 nitrogen and oxygen atoms in total. The van der Waals surface area contributed by atoms with Gasteiger partial charge in [-0.15, -0.1) is 0 Å². The highest BCUT2D eigenvalue weighted by Gasteiger charge is 2.49. The van der Waals surface area contributed by atoms with Crippen LogP contribution in [0.2, 0.25) is 5.02 Å². The summed E-state index contributed by atoms with van der Waals surface area (Å²) in [5.41, 5.74) is 1.95. The molecule has 0 spiro atoms. The van der Waals surface area contributed by atoms with Crippen molar-refractivity contribution in [3.63, 3.8) is 0 Å². The Balaban J connectivity index is 1.39. The van der Waals surface area contributed by atoms with E-state index in [9.17, 15) is 4.79 Å². The molecule has 3 aliphatic rings. The van der Waals surface area contributed by atoms with Crippen molar-refractivity contribution in [3.05, 3.63) is 58.6 Å². The summed E-state index contributed by atoms with van der Waals surface area (Å²) >= 11 is 6.15. The van der Waals surface area contributed by atoms with Gasteiger partial charge in [-0.2, -0.15) is 0 Å². The van der Waals surface area contributed by atoms with Gasteiger partial charge in [-0.25, -0.2) is 0 Å². The number of nitrogens with one attached hydrogen (secondary N) is 1. The summed E-state index contributed by atoms with van der Waals surface area (Å²) in [6, 6.07) is 14.2. The minimum absolute atomic E-state index is 0.0288. The van der Waals surface area contributed by atoms with Crippen LogP contribution in [0.3, 0.4) is 0 Å². The molecule has 35 heavy (non-hydrogen) atoms. The van der Waals surface area contributed by atoms with E-state index < -0.39 is 5.79 Å². The lowest BCUT2D eigenvalue weighted by atomic mass is 9.75. The molecule has 0 unspecified atom stereocenters. The van der Waals surface area contributed by atoms with Crippen LogP contribution in [0.1, 0.15) is 36.3 Å². The number of rotatable bonds is 7. The first-order chi connectivity index (χ1) is 17.0. The van der Waals surface area contributed by atoms with Crippen molar-refractivity contribution in [1.29, 1.82) is 0 Å². The Bertz CT molecular complexity index is 1060. The Morgan fingerprint density at radius 3 is 2.49 bits per heavy atom. The Hall–Kier alpha value is -2.32. The van der Waals surface area contributed by atoms with Crippen LogP contribution in [0, 0.1) is 5.92 Å². The predicted octanol–water partition coefficient (Wildman–Crippen LogP) is 3.94. The SMILES string of the molecule is COc1ccc(C2(CNC(=O)[C@H]3[C@@H](c4ccc(Cl)cc4)C[C@@H]4CC[C@H]3N4C)OCCO2)cc1OC. The molecule has 2 aromatic rings. The monoisotopic (exact) mass is 500 g/mol. The molecule has 4 atom stereocenters. The van der Waals surface area contributed by atoms with E-state index in [0.717, 1.165) is 24.8 Å². The van der Waals surface area contributed by atoms with Crippen LogP contribution >= 0.6 is 11.6 Å². The zero-order chi connectivity index (χ0) is 24.6. The van der Waals surface area contributed by atoms with Gasteiger partial charge in [0.2, 0.25) is 11.7 Å². The van der Waals surface area contributed by atoms with E-state index in [1.807, 2.05) is 30.3 Å². The van der Waals surface area contributed by atoms with Crippen LogP contribution in [0.15, 0.2) is 42.5 Å². The number of halogens is 1. The van der Waals surface area contributed by atoms with Crippen molar-refractivity contribution in [2.45, 2.75) is 43.1 Å². The topological polar surface area (TPSA) is 69.3 Å². The molecule has 3 heterocycles. The summed E-state index contributed by atoms with van der Waals surface area (Å²) in [6.07, 6.45) is 3.11. The molecule has 2 aromatic carbocycles. The van der Waals surface area contributed by atoms with E-state index in [1.165, 1.54) is 5.56 Å². The number of piperidine rings is 1. The number of amides is 1. The molecule has 1 N–H and O–H groups in total. The molecule has 1 amide bonds. The minimum Gasteiger partial charge on any atom is -0.493 e. The number of benzene rings is 2. The number of ether oxygens (including phenoxy) is 4. The number of carbonyl (C=O) groups is 1. The Morgan fingerprint density at radius 1 is 1.09 bits per heavy atom. The first-order valence-electron chi connectivity index (χ1n) is 12.2. The van der Waals surface area contributed by atoms with E-state index in [0.29, 0.717) is 35.8 Å². The summed E-state index contributed by atoms with van der Waals surface area (Å²) in [4.78, 5) is 16.2. The highest BCUT2D eigenvalue weighted by Crippen LogP contribution is 2.46. The Morgan fingerprint density at radius 2 is 1.80 bits per heavy atom. The largest absolute Gasteiger partial charge is 0.493 e. The van der Waals surface area contributed by atoms with E-state index >= 15 is 0 Å². The lowest BCUT2D eigenvalue weighted by Crippen LogP contribution is -2.53. The zero-order valence-corrected chi connectivity index (χ0v) is 21.2. The number of hydrogen-bond acceptors (Lipinski definition) is 6. The number of fused-ring (bicyclic) bond motifs is 2. The highest BCUT2D eigenvalue weighted by molar-refractivity contribution is 6.30. The Labute approximate surface area is 211 Å². The van der Waals surface area contributed by atoms with Crippen molar-refractivity contribution in [3.8, 4) is 11.5 Å². The van der Waals surface area contributed by atoms with Crippen LogP contribution < -0.4 is 14.8 Å². The maximum atomic E-state index is 13.8. The number of hydrogen-bond donors (Lipinski definition) is 1. The number of methoxy groups -OCH3 is 2. The standard InChI is InChI=1S/C27H33ClN2O5/c1-30-20-9-10-22(30)25(21(15-20)17-4-7-19(28)8-5-17)26(31)29-16-27(34-12-13-35-27)18-6-11-23(32-2)24(14-18)33-3/h4-8,11,14,20-22,25H,9-10,12-13,15-16H2,1-3H3,(H,29,31)/t20-,21+,22+,25-/m0/s1. The molecular formula is C27H33ClN2O5. The van der Waals surface area contributed by atoms with Gasteiger partial charge in [0, 0.05) is 22.7 Å². The van der Waals surface area contributed by atoms with Crippen LogP contribution in [-0.2, 0) is 20.1 Å². The van der Waals surface area contributed by atoms with Crippen molar-refractivity contribution in [2.24, 2.45) is 5.92 Å². The molecular weight excluding hydrogens is 468 g/mol. The maximum absolute atomic E-state index is 13.8. The van der Waals surface area contributed by atoms with Gasteiger partial charge in [-0.1, -0.05) is 23.7 Å². The van der Waals surface area contributed by atoms with Gasteiger partial charge in [0.05, 0.1) is 39.9 Å². The fourth-order valence-corrected chi connectivity index (χ4v) is 6.22. The fourth-order valence-electron chi connectivity index (χ4n) is 6.10. The van der Waals surface area contributed by atoms with Gasteiger partial charge in [-0.3, -0.25) is 9.69 Å². The van der Waals surface area contributed by atoms with E-state index in [-0.39, 0.29) is 30.3 Å². The normalized spacial score (nSPS) is 27.5. The van der Waals surface area contributed by atoms with Crippen molar-refractivity contribution in [1.82, 2.24) is 10.2 Å². The second-order valence-corrected chi connectivity index (χ2v) is 10.1. The lowest BCUT2D eigenvalue weighted by Gasteiger charge is -2.42. The van der Waals surface area contributed by atoms with Crippen LogP contribution in [0.5, 0.6) is 11.5 Å². The van der Waals surface area contributed by atoms with E-state index in [2.05, 4.69) is 29.4 Å². The Kier molecular flexibility index (Phi) is 6.95. The summed E-state index contributed by atoms with van der Waals surface area (Å²) < 4.78 is 23.0. The third kappa shape index (κ3) is 4.51. The lowest BCUT2D eigenvalue weighted by molar-refractivity contribution is -0.166. The summed E-state index contributed by atoms with van der Waals surface area (Å²) in [7, 11) is 5.34. The van der Waals surface area contributed by atoms with Gasteiger partial charge < -0.3 is 24.3 Å². The second kappa shape index (κ2) is 9.97. The van der Waals surface area contributed by atoms with E-state index in [4.69, 9.17) is 30.5 Å². The van der Waals surface area contributed by atoms with Gasteiger partial charge in [0.1, 0.15) is 0 Å². The molecule has 3 fully saturated rings. The van der Waals surface area contributed by atoms with E-state index in [1.54, 1.807) is 14.2 Å². The number of nitrogens with zero attached hydrogens (tertiary/aromatic N) is 1. The smallest absolute Gasteiger partial charge is 0.225 e. The van der Waals surface area contributed by atoms with Gasteiger partial charge in [-0.05, 0) is 68.1 Å². The molecule has 2 bridgehead atoms. The van der Waals surface area contributed by atoms with Crippen molar-refractivity contribution >= 4 is 17.5 Å². The molecule has 8 heteroatoms. The van der Waals surface area contributed by atoms with Crippen LogP contribution in [0.25, 0.3) is 0 Å². The quantitative estimate of drug-likeness (QED) is 0.621. The predicted molar refractivity (Wildman–Crippen MR) is 133 cm³/mol. The molecule has 188 valence electrons. The second-order valence-electron chi connectivity index (χ2n) is 9.62. The van der Waals surface area contributed by atoms with Gasteiger partial charge in [0.25, 0.3) is 0 Å². The molecule has 0 aliphatic carbocycles. The molecule has 3 aliphatic heterocycles. The summed E-state index contributed by atoms with van der Waals surface area (Å²) in [6.45, 7) is 1.12. The average Bonchev–Trinajstić information content (AvgIpc) is 3.44. The minimum atomic E-state index is -1.07. The van der Waals surface area contributed by atoms with Crippen molar-refractivity contribution in [2.75, 3.05) is 41.0 Å². The van der Waals surface area contributed by atoms with Crippen LogP contribution in [-0.4, -0.2) is 63.9 Å². The molecule has 0 saturated carbocycles. The van der Waals surface area contributed by atoms with Gasteiger partial charge in [0.15, 0.2) is 11.5 Å². The fraction of sp³-hybridized carbons (Fsp3) is 0.519. The molecule has 0 aromatic heterocycles. The molecule has 5 rings (SSSR count). The maximum Gasteiger partial charge on any atom is 0.225 e. The third-order valence-corrected chi connectivity index (χ3v) is 8.19. The van der Waals surface area contributed by atoms with Gasteiger partial charge >= 0.3 is 0 Å². The van der Waals surface area contributed by atoms with Crippen molar-refractivity contribution < 1.29 is 23.7 Å². The average molecular weight is 501 g/mol. The summed E-state index contributed by atoms with van der Waals surface area (Å²) in [5.74, 6) is 0.154. The first-order valence-corrected chi connectivity index (χ1v) is 12.6. The summed E-state index contributed by atoms with van der Waals surface area (Å²) in [5, 5.41) is 3.91. The zero-order valence-electron chi connectivity index (χ0n) is 20.5. The first kappa shape index (κ1) is 24.4. The highest BCUT2D eigenvalue weighted by atomic mass is 35.5.